The molecule has 0 aromatic heterocycles. The molecule has 0 aliphatic rings. The lowest BCUT2D eigenvalue weighted by Crippen LogP contribution is -2.05. The summed E-state index contributed by atoms with van der Waals surface area (Å²) in [6.07, 6.45) is 2.14. The minimum Gasteiger partial charge on any atom is -0.493 e. The van der Waals surface area contributed by atoms with Crippen LogP contribution >= 0.6 is 0 Å². The summed E-state index contributed by atoms with van der Waals surface area (Å²) < 4.78 is 5.59. The maximum atomic E-state index is 8.38. The van der Waals surface area contributed by atoms with E-state index in [1.807, 2.05) is 24.3 Å². The van der Waals surface area contributed by atoms with Crippen molar-refractivity contribution in [3.8, 4) is 11.8 Å². The van der Waals surface area contributed by atoms with Gasteiger partial charge in [-0.2, -0.15) is 5.26 Å². The van der Waals surface area contributed by atoms with Crippen LogP contribution < -0.4 is 10.5 Å². The van der Waals surface area contributed by atoms with E-state index in [2.05, 4.69) is 6.07 Å². The lowest BCUT2D eigenvalue weighted by atomic mass is 10.1. The van der Waals surface area contributed by atoms with Gasteiger partial charge >= 0.3 is 0 Å². The number of benzene rings is 1. The second-order valence-electron chi connectivity index (χ2n) is 3.26. The first-order chi connectivity index (χ1) is 7.38. The monoisotopic (exact) mass is 204 g/mol. The van der Waals surface area contributed by atoms with Gasteiger partial charge < -0.3 is 10.5 Å². The summed E-state index contributed by atoms with van der Waals surface area (Å²) >= 11 is 0. The van der Waals surface area contributed by atoms with E-state index in [1.54, 1.807) is 0 Å². The number of para-hydroxylation sites is 1. The number of nitrogens with two attached hydrogens (primary N) is 1. The largest absolute Gasteiger partial charge is 0.493 e. The molecular formula is C12H16N2O. The molecule has 80 valence electrons. The SMILES string of the molecule is N#CCCCOc1ccccc1CCN. The highest BCUT2D eigenvalue weighted by Gasteiger charge is 2.01. The zero-order valence-electron chi connectivity index (χ0n) is 8.78. The Hall–Kier alpha value is -1.53. The molecule has 0 heterocycles. The van der Waals surface area contributed by atoms with Crippen LogP contribution in [0.3, 0.4) is 0 Å². The highest BCUT2D eigenvalue weighted by Crippen LogP contribution is 2.18. The Kier molecular flexibility index (Phi) is 5.28. The van der Waals surface area contributed by atoms with Crippen LogP contribution in [0, 0.1) is 11.3 Å². The Labute approximate surface area is 90.5 Å². The van der Waals surface area contributed by atoms with Gasteiger partial charge in [-0.1, -0.05) is 18.2 Å². The minimum absolute atomic E-state index is 0.541. The molecule has 0 amide bonds. The summed E-state index contributed by atoms with van der Waals surface area (Å²) in [6.45, 7) is 1.22. The molecule has 0 saturated heterocycles. The quantitative estimate of drug-likeness (QED) is 0.719. The average Bonchev–Trinajstić information content (AvgIpc) is 2.27. The number of nitrogens with zero attached hydrogens (tertiary/aromatic N) is 1. The van der Waals surface area contributed by atoms with E-state index in [-0.39, 0.29) is 0 Å². The Morgan fingerprint density at radius 1 is 1.33 bits per heavy atom. The summed E-state index contributed by atoms with van der Waals surface area (Å²) in [6, 6.07) is 9.98. The third-order valence-corrected chi connectivity index (χ3v) is 2.08. The van der Waals surface area contributed by atoms with E-state index in [1.165, 1.54) is 0 Å². The van der Waals surface area contributed by atoms with E-state index >= 15 is 0 Å². The van der Waals surface area contributed by atoms with Crippen molar-refractivity contribution in [2.24, 2.45) is 5.73 Å². The first-order valence-corrected chi connectivity index (χ1v) is 5.16. The number of hydrogen-bond acceptors (Lipinski definition) is 3. The zero-order chi connectivity index (χ0) is 10.9. The molecule has 0 radical (unpaired) electrons. The molecule has 0 atom stereocenters. The van der Waals surface area contributed by atoms with Crippen molar-refractivity contribution in [2.45, 2.75) is 19.3 Å². The van der Waals surface area contributed by atoms with Crippen molar-refractivity contribution in [1.82, 2.24) is 0 Å². The van der Waals surface area contributed by atoms with E-state index in [0.717, 1.165) is 24.2 Å². The molecular weight excluding hydrogens is 188 g/mol. The fraction of sp³-hybridized carbons (Fsp3) is 0.417. The van der Waals surface area contributed by atoms with E-state index in [9.17, 15) is 0 Å². The predicted octanol–water partition coefficient (Wildman–Crippen LogP) is 1.87. The normalized spacial score (nSPS) is 9.60. The third-order valence-electron chi connectivity index (χ3n) is 2.08. The number of nitriles is 1. The van der Waals surface area contributed by atoms with Crippen LogP contribution in [0.1, 0.15) is 18.4 Å². The molecule has 3 nitrogen and oxygen atoms in total. The van der Waals surface area contributed by atoms with Gasteiger partial charge in [0.15, 0.2) is 0 Å². The minimum atomic E-state index is 0.541. The molecule has 1 rings (SSSR count). The molecule has 0 saturated carbocycles. The Balaban J connectivity index is 2.48. The molecule has 0 aliphatic carbocycles. The van der Waals surface area contributed by atoms with Crippen LogP contribution in [0.5, 0.6) is 5.75 Å². The van der Waals surface area contributed by atoms with Crippen molar-refractivity contribution in [3.63, 3.8) is 0 Å². The smallest absolute Gasteiger partial charge is 0.122 e. The standard InChI is InChI=1S/C12H16N2O/c13-8-3-4-10-15-12-6-2-1-5-11(12)7-9-14/h1-2,5-6H,3-4,7,9-10,14H2. The van der Waals surface area contributed by atoms with Gasteiger partial charge in [0.25, 0.3) is 0 Å². The summed E-state index contributed by atoms with van der Waals surface area (Å²) in [5.41, 5.74) is 6.64. The predicted molar refractivity (Wildman–Crippen MR) is 59.5 cm³/mol. The fourth-order valence-corrected chi connectivity index (χ4v) is 1.34. The first-order valence-electron chi connectivity index (χ1n) is 5.16. The first kappa shape index (κ1) is 11.5. The van der Waals surface area contributed by atoms with Crippen molar-refractivity contribution in [1.29, 1.82) is 5.26 Å². The van der Waals surface area contributed by atoms with Crippen LogP contribution in [0.15, 0.2) is 24.3 Å². The molecule has 0 aliphatic heterocycles. The van der Waals surface area contributed by atoms with Gasteiger partial charge in [0.05, 0.1) is 12.7 Å². The van der Waals surface area contributed by atoms with E-state index in [4.69, 9.17) is 15.7 Å². The van der Waals surface area contributed by atoms with Crippen LogP contribution in [0.25, 0.3) is 0 Å². The van der Waals surface area contributed by atoms with E-state index < -0.39 is 0 Å². The van der Waals surface area contributed by atoms with Gasteiger partial charge in [-0.3, -0.25) is 0 Å². The van der Waals surface area contributed by atoms with Crippen molar-refractivity contribution < 1.29 is 4.74 Å². The third kappa shape index (κ3) is 4.01. The molecule has 2 N–H and O–H groups in total. The topological polar surface area (TPSA) is 59.0 Å². The van der Waals surface area contributed by atoms with Gasteiger partial charge in [-0.25, -0.2) is 0 Å². The zero-order valence-corrected chi connectivity index (χ0v) is 8.78. The molecule has 0 bridgehead atoms. The molecule has 0 spiro atoms. The number of rotatable bonds is 6. The Morgan fingerprint density at radius 3 is 2.87 bits per heavy atom. The van der Waals surface area contributed by atoms with E-state index in [0.29, 0.717) is 19.6 Å². The van der Waals surface area contributed by atoms with Crippen LogP contribution in [0.2, 0.25) is 0 Å². The average molecular weight is 204 g/mol. The highest BCUT2D eigenvalue weighted by molar-refractivity contribution is 5.33. The second-order valence-corrected chi connectivity index (χ2v) is 3.26. The highest BCUT2D eigenvalue weighted by atomic mass is 16.5. The van der Waals surface area contributed by atoms with Gasteiger partial charge in [-0.15, -0.1) is 0 Å². The molecule has 15 heavy (non-hydrogen) atoms. The van der Waals surface area contributed by atoms with Crippen molar-refractivity contribution in [2.75, 3.05) is 13.2 Å². The van der Waals surface area contributed by atoms with Crippen LogP contribution in [-0.4, -0.2) is 13.2 Å². The molecule has 0 fully saturated rings. The maximum absolute atomic E-state index is 8.38. The molecule has 0 unspecified atom stereocenters. The molecule has 3 heteroatoms. The summed E-state index contributed by atoms with van der Waals surface area (Å²) in [5, 5.41) is 8.38. The lowest BCUT2D eigenvalue weighted by Gasteiger charge is -2.09. The van der Waals surface area contributed by atoms with Gasteiger partial charge in [0.1, 0.15) is 5.75 Å². The summed E-state index contributed by atoms with van der Waals surface area (Å²) in [7, 11) is 0. The number of ether oxygens (including phenoxy) is 1. The van der Waals surface area contributed by atoms with Gasteiger partial charge in [-0.05, 0) is 31.0 Å². The number of unbranched alkanes of at least 4 members (excludes halogenated alkanes) is 1. The lowest BCUT2D eigenvalue weighted by molar-refractivity contribution is 0.309. The van der Waals surface area contributed by atoms with Crippen LogP contribution in [0.4, 0.5) is 0 Å². The molecule has 1 aromatic rings. The second kappa shape index (κ2) is 6.86. The van der Waals surface area contributed by atoms with Crippen molar-refractivity contribution in [3.05, 3.63) is 29.8 Å². The maximum Gasteiger partial charge on any atom is 0.122 e. The summed E-state index contributed by atoms with van der Waals surface area (Å²) in [5.74, 6) is 0.890. The fourth-order valence-electron chi connectivity index (χ4n) is 1.34. The Bertz CT molecular complexity index is 331. The Morgan fingerprint density at radius 2 is 2.13 bits per heavy atom. The summed E-state index contributed by atoms with van der Waals surface area (Å²) in [4.78, 5) is 0. The van der Waals surface area contributed by atoms with Gasteiger partial charge in [0.2, 0.25) is 0 Å². The van der Waals surface area contributed by atoms with Crippen molar-refractivity contribution >= 4 is 0 Å². The molecule has 1 aromatic carbocycles. The van der Waals surface area contributed by atoms with Crippen LogP contribution in [-0.2, 0) is 6.42 Å². The van der Waals surface area contributed by atoms with Gasteiger partial charge in [0, 0.05) is 6.42 Å². The number of hydrogen-bond donors (Lipinski definition) is 1.